The van der Waals surface area contributed by atoms with Crippen LogP contribution in [0.5, 0.6) is 0 Å². The van der Waals surface area contributed by atoms with Crippen LogP contribution in [0.2, 0.25) is 0 Å². The van der Waals surface area contributed by atoms with Gasteiger partial charge in [0.25, 0.3) is 5.69 Å². The molecule has 0 saturated carbocycles. The Kier molecular flexibility index (Phi) is 4.73. The number of benzene rings is 1. The summed E-state index contributed by atoms with van der Waals surface area (Å²) in [6.07, 6.45) is 4.23. The molecule has 5 nitrogen and oxygen atoms in total. The summed E-state index contributed by atoms with van der Waals surface area (Å²) in [5, 5.41) is 13.9. The molecular weight excluding hydrogens is 261 g/mol. The molecule has 0 bridgehead atoms. The lowest BCUT2D eigenvalue weighted by atomic mass is 10.1. The number of nitrogens with zero attached hydrogens (tertiary/aromatic N) is 2. The van der Waals surface area contributed by atoms with Crippen LogP contribution in [-0.4, -0.2) is 16.5 Å². The van der Waals surface area contributed by atoms with Crippen LogP contribution in [0.25, 0.3) is 0 Å². The van der Waals surface area contributed by atoms with Crippen molar-refractivity contribution in [1.82, 2.24) is 10.3 Å². The van der Waals surface area contributed by atoms with Crippen LogP contribution in [0.4, 0.5) is 10.1 Å². The van der Waals surface area contributed by atoms with Crippen molar-refractivity contribution < 1.29 is 9.31 Å². The lowest BCUT2D eigenvalue weighted by Crippen LogP contribution is -2.17. The van der Waals surface area contributed by atoms with Gasteiger partial charge in [-0.1, -0.05) is 6.07 Å². The molecule has 1 N–H and O–H groups in total. The van der Waals surface area contributed by atoms with E-state index in [2.05, 4.69) is 10.3 Å². The average Bonchev–Trinajstić information content (AvgIpc) is 2.44. The topological polar surface area (TPSA) is 68.1 Å². The van der Waals surface area contributed by atoms with E-state index < -0.39 is 10.7 Å². The molecule has 0 fully saturated rings. The Morgan fingerprint density at radius 2 is 2.20 bits per heavy atom. The third kappa shape index (κ3) is 3.83. The zero-order valence-corrected chi connectivity index (χ0v) is 10.8. The van der Waals surface area contributed by atoms with Gasteiger partial charge in [0, 0.05) is 30.6 Å². The zero-order chi connectivity index (χ0) is 14.4. The molecule has 0 aliphatic carbocycles. The van der Waals surface area contributed by atoms with E-state index in [-0.39, 0.29) is 12.2 Å². The average molecular weight is 275 g/mol. The second-order valence-corrected chi connectivity index (χ2v) is 4.32. The van der Waals surface area contributed by atoms with Crippen LogP contribution >= 0.6 is 0 Å². The van der Waals surface area contributed by atoms with Gasteiger partial charge in [0.2, 0.25) is 0 Å². The predicted molar refractivity (Wildman–Crippen MR) is 72.7 cm³/mol. The maximum atomic E-state index is 13.1. The van der Waals surface area contributed by atoms with E-state index in [1.807, 2.05) is 12.1 Å². The highest BCUT2D eigenvalue weighted by Gasteiger charge is 2.13. The van der Waals surface area contributed by atoms with Gasteiger partial charge in [-0.2, -0.15) is 0 Å². The summed E-state index contributed by atoms with van der Waals surface area (Å²) < 4.78 is 13.1. The van der Waals surface area contributed by atoms with Crippen LogP contribution in [-0.2, 0) is 13.0 Å². The van der Waals surface area contributed by atoms with Crippen molar-refractivity contribution >= 4 is 5.69 Å². The summed E-state index contributed by atoms with van der Waals surface area (Å²) in [5.41, 5.74) is 1.36. The molecule has 0 atom stereocenters. The number of rotatable bonds is 6. The molecule has 0 aliphatic rings. The summed E-state index contributed by atoms with van der Waals surface area (Å²) in [7, 11) is 0. The van der Waals surface area contributed by atoms with Crippen molar-refractivity contribution in [2.45, 2.75) is 13.0 Å². The summed E-state index contributed by atoms with van der Waals surface area (Å²) in [4.78, 5) is 14.3. The Bertz CT molecular complexity index is 590. The van der Waals surface area contributed by atoms with E-state index in [1.165, 1.54) is 12.1 Å². The van der Waals surface area contributed by atoms with E-state index in [1.54, 1.807) is 12.4 Å². The molecule has 6 heteroatoms. The molecule has 0 radical (unpaired) electrons. The minimum atomic E-state index is -0.502. The molecule has 0 aliphatic heterocycles. The molecular formula is C14H14FN3O2. The van der Waals surface area contributed by atoms with E-state index >= 15 is 0 Å². The first kappa shape index (κ1) is 14.1. The molecule has 104 valence electrons. The van der Waals surface area contributed by atoms with Crippen molar-refractivity contribution in [2.75, 3.05) is 6.54 Å². The number of nitro groups is 1. The van der Waals surface area contributed by atoms with Gasteiger partial charge in [0.05, 0.1) is 4.92 Å². The second kappa shape index (κ2) is 6.72. The Morgan fingerprint density at radius 3 is 2.90 bits per heavy atom. The van der Waals surface area contributed by atoms with Gasteiger partial charge in [-0.25, -0.2) is 4.39 Å². The van der Waals surface area contributed by atoms with Crippen LogP contribution in [0.15, 0.2) is 42.7 Å². The van der Waals surface area contributed by atoms with Crippen LogP contribution in [0.1, 0.15) is 11.1 Å². The summed E-state index contributed by atoms with van der Waals surface area (Å²) in [6.45, 7) is 0.897. The Hall–Kier alpha value is -2.34. The van der Waals surface area contributed by atoms with Gasteiger partial charge in [-0.3, -0.25) is 15.1 Å². The van der Waals surface area contributed by atoms with Crippen LogP contribution in [0.3, 0.4) is 0 Å². The molecule has 2 aromatic rings. The highest BCUT2D eigenvalue weighted by Crippen LogP contribution is 2.19. The van der Waals surface area contributed by atoms with Crippen molar-refractivity contribution in [1.29, 1.82) is 0 Å². The normalized spacial score (nSPS) is 10.4. The lowest BCUT2D eigenvalue weighted by Gasteiger charge is -2.06. The predicted octanol–water partition coefficient (Wildman–Crippen LogP) is 2.46. The summed E-state index contributed by atoms with van der Waals surface area (Å²) in [6, 6.07) is 7.28. The molecule has 0 unspecified atom stereocenters. The zero-order valence-electron chi connectivity index (χ0n) is 10.8. The van der Waals surface area contributed by atoms with Crippen molar-refractivity contribution in [3.63, 3.8) is 0 Å². The quantitative estimate of drug-likeness (QED) is 0.499. The fourth-order valence-electron chi connectivity index (χ4n) is 1.88. The molecule has 1 heterocycles. The number of aromatic nitrogens is 1. The number of pyridine rings is 1. The monoisotopic (exact) mass is 275 g/mol. The van der Waals surface area contributed by atoms with Crippen molar-refractivity contribution in [3.8, 4) is 0 Å². The van der Waals surface area contributed by atoms with Gasteiger partial charge in [-0.05, 0) is 36.7 Å². The molecule has 0 amide bonds. The Labute approximate surface area is 115 Å². The third-order valence-electron chi connectivity index (χ3n) is 2.87. The van der Waals surface area contributed by atoms with Gasteiger partial charge in [0.15, 0.2) is 0 Å². The molecule has 1 aromatic heterocycles. The first-order chi connectivity index (χ1) is 9.66. The maximum Gasteiger partial charge on any atom is 0.274 e. The number of hydrogen-bond acceptors (Lipinski definition) is 4. The van der Waals surface area contributed by atoms with Gasteiger partial charge < -0.3 is 5.32 Å². The van der Waals surface area contributed by atoms with Gasteiger partial charge in [-0.15, -0.1) is 0 Å². The highest BCUT2D eigenvalue weighted by atomic mass is 19.1. The summed E-state index contributed by atoms with van der Waals surface area (Å²) in [5.74, 6) is -0.473. The van der Waals surface area contributed by atoms with Crippen molar-refractivity contribution in [3.05, 3.63) is 69.8 Å². The minimum Gasteiger partial charge on any atom is -0.312 e. The molecule has 1 aromatic carbocycles. The first-order valence-electron chi connectivity index (χ1n) is 6.19. The SMILES string of the molecule is O=[N+]([O-])c1ccc(F)cc1CNCCc1cccnc1. The second-order valence-electron chi connectivity index (χ2n) is 4.32. The first-order valence-corrected chi connectivity index (χ1v) is 6.19. The van der Waals surface area contributed by atoms with Crippen LogP contribution < -0.4 is 5.32 Å². The lowest BCUT2D eigenvalue weighted by molar-refractivity contribution is -0.385. The standard InChI is InChI=1S/C14H14FN3O2/c15-13-3-4-14(18(19)20)12(8-13)10-17-7-5-11-2-1-6-16-9-11/h1-4,6,8-9,17H,5,7,10H2. The van der Waals surface area contributed by atoms with E-state index in [0.29, 0.717) is 12.1 Å². The summed E-state index contributed by atoms with van der Waals surface area (Å²) >= 11 is 0. The number of hydrogen-bond donors (Lipinski definition) is 1. The smallest absolute Gasteiger partial charge is 0.274 e. The Balaban J connectivity index is 1.91. The number of halogens is 1. The van der Waals surface area contributed by atoms with Gasteiger partial charge >= 0.3 is 0 Å². The van der Waals surface area contributed by atoms with E-state index in [4.69, 9.17) is 0 Å². The van der Waals surface area contributed by atoms with Crippen LogP contribution in [0, 0.1) is 15.9 Å². The third-order valence-corrected chi connectivity index (χ3v) is 2.87. The highest BCUT2D eigenvalue weighted by molar-refractivity contribution is 5.40. The molecule has 20 heavy (non-hydrogen) atoms. The van der Waals surface area contributed by atoms with E-state index in [9.17, 15) is 14.5 Å². The maximum absolute atomic E-state index is 13.1. The molecule has 2 rings (SSSR count). The van der Waals surface area contributed by atoms with E-state index in [0.717, 1.165) is 18.1 Å². The fraction of sp³-hybridized carbons (Fsp3) is 0.214. The molecule has 0 spiro atoms. The number of nitrogens with one attached hydrogen (secondary N) is 1. The number of nitro benzene ring substituents is 1. The van der Waals surface area contributed by atoms with Crippen molar-refractivity contribution in [2.24, 2.45) is 0 Å². The molecule has 0 saturated heterocycles. The Morgan fingerprint density at radius 1 is 1.35 bits per heavy atom. The fourth-order valence-corrected chi connectivity index (χ4v) is 1.88. The minimum absolute atomic E-state index is 0.0692. The largest absolute Gasteiger partial charge is 0.312 e. The van der Waals surface area contributed by atoms with Gasteiger partial charge in [0.1, 0.15) is 5.82 Å².